The normalized spacial score (nSPS) is 14.4. The minimum atomic E-state index is -0.0644. The Balaban J connectivity index is 1.48. The van der Waals surface area contributed by atoms with Crippen LogP contribution in [0.2, 0.25) is 0 Å². The lowest BCUT2D eigenvalue weighted by molar-refractivity contribution is -0.126. The zero-order chi connectivity index (χ0) is 19.2. The van der Waals surface area contributed by atoms with Crippen LogP contribution in [0.5, 0.6) is 0 Å². The van der Waals surface area contributed by atoms with Crippen molar-refractivity contribution in [2.45, 2.75) is 19.4 Å². The van der Waals surface area contributed by atoms with Crippen LogP contribution in [0.4, 0.5) is 0 Å². The molecule has 6 heteroatoms. The zero-order valence-corrected chi connectivity index (χ0v) is 16.4. The van der Waals surface area contributed by atoms with Crippen LogP contribution in [-0.4, -0.2) is 29.8 Å². The largest absolute Gasteiger partial charge is 0.352 e. The van der Waals surface area contributed by atoms with Gasteiger partial charge >= 0.3 is 0 Å². The van der Waals surface area contributed by atoms with Crippen molar-refractivity contribution in [3.8, 4) is 6.07 Å². The lowest BCUT2D eigenvalue weighted by Crippen LogP contribution is -2.42. The van der Waals surface area contributed by atoms with Crippen LogP contribution in [0.3, 0.4) is 0 Å². The maximum atomic E-state index is 12.6. The van der Waals surface area contributed by atoms with Crippen molar-refractivity contribution >= 4 is 27.7 Å². The molecule has 5 nitrogen and oxygen atoms in total. The van der Waals surface area contributed by atoms with Gasteiger partial charge in [-0.3, -0.25) is 9.59 Å². The number of amides is 2. The van der Waals surface area contributed by atoms with Gasteiger partial charge in [0.05, 0.1) is 11.6 Å². The Labute approximate surface area is 167 Å². The fraction of sp³-hybridized carbons (Fsp3) is 0.286. The van der Waals surface area contributed by atoms with E-state index in [1.165, 1.54) is 0 Å². The van der Waals surface area contributed by atoms with E-state index in [-0.39, 0.29) is 17.7 Å². The minimum Gasteiger partial charge on any atom is -0.352 e. The van der Waals surface area contributed by atoms with E-state index in [4.69, 9.17) is 5.26 Å². The van der Waals surface area contributed by atoms with E-state index >= 15 is 0 Å². The number of carbonyl (C=O) groups excluding carboxylic acids is 2. The third-order valence-electron chi connectivity index (χ3n) is 4.79. The summed E-state index contributed by atoms with van der Waals surface area (Å²) in [5.74, 6) is -0.0675. The molecule has 27 heavy (non-hydrogen) atoms. The molecule has 1 heterocycles. The van der Waals surface area contributed by atoms with Gasteiger partial charge in [0.1, 0.15) is 0 Å². The first-order valence-electron chi connectivity index (χ1n) is 8.88. The van der Waals surface area contributed by atoms with Crippen molar-refractivity contribution in [3.63, 3.8) is 0 Å². The van der Waals surface area contributed by atoms with E-state index in [1.807, 2.05) is 30.3 Å². The van der Waals surface area contributed by atoms with E-state index < -0.39 is 0 Å². The molecule has 3 rings (SSSR count). The standard InChI is InChI=1S/C21H20BrN3O2/c22-19-7-3-16(4-8-19)14-24-20(26)17-9-11-25(12-10-17)21(27)18-5-1-15(13-23)2-6-18/h1-8,17H,9-12,14H2,(H,24,26). The molecule has 1 N–H and O–H groups in total. The van der Waals surface area contributed by atoms with Gasteiger partial charge in [0, 0.05) is 35.6 Å². The van der Waals surface area contributed by atoms with Crippen molar-refractivity contribution in [2.75, 3.05) is 13.1 Å². The first kappa shape index (κ1) is 19.1. The Hall–Kier alpha value is -2.65. The molecule has 1 fully saturated rings. The number of nitrogens with zero attached hydrogens (tertiary/aromatic N) is 2. The SMILES string of the molecule is N#Cc1ccc(C(=O)N2CCC(C(=O)NCc3ccc(Br)cc3)CC2)cc1. The van der Waals surface area contributed by atoms with Gasteiger partial charge in [-0.05, 0) is 54.8 Å². The highest BCUT2D eigenvalue weighted by Gasteiger charge is 2.27. The highest BCUT2D eigenvalue weighted by Crippen LogP contribution is 2.20. The lowest BCUT2D eigenvalue weighted by Gasteiger charge is -2.31. The molecule has 1 aliphatic heterocycles. The predicted octanol–water partition coefficient (Wildman–Crippen LogP) is 3.49. The van der Waals surface area contributed by atoms with Gasteiger partial charge < -0.3 is 10.2 Å². The maximum Gasteiger partial charge on any atom is 0.253 e. The first-order valence-corrected chi connectivity index (χ1v) is 9.67. The highest BCUT2D eigenvalue weighted by atomic mass is 79.9. The number of likely N-dealkylation sites (tertiary alicyclic amines) is 1. The van der Waals surface area contributed by atoms with Crippen LogP contribution >= 0.6 is 15.9 Å². The van der Waals surface area contributed by atoms with Gasteiger partial charge in [-0.1, -0.05) is 28.1 Å². The molecule has 0 atom stereocenters. The summed E-state index contributed by atoms with van der Waals surface area (Å²) in [5, 5.41) is 11.8. The van der Waals surface area contributed by atoms with Crippen molar-refractivity contribution in [1.29, 1.82) is 5.26 Å². The van der Waals surface area contributed by atoms with Crippen LogP contribution < -0.4 is 5.32 Å². The smallest absolute Gasteiger partial charge is 0.253 e. The molecule has 1 aliphatic rings. The van der Waals surface area contributed by atoms with Crippen LogP contribution in [-0.2, 0) is 11.3 Å². The summed E-state index contributed by atoms with van der Waals surface area (Å²) >= 11 is 3.40. The summed E-state index contributed by atoms with van der Waals surface area (Å²) in [6.45, 7) is 1.64. The quantitative estimate of drug-likeness (QED) is 0.814. The third-order valence-corrected chi connectivity index (χ3v) is 5.32. The molecule has 0 aliphatic carbocycles. The molecule has 138 valence electrons. The average molecular weight is 426 g/mol. The Kier molecular flexibility index (Phi) is 6.25. The van der Waals surface area contributed by atoms with Crippen molar-refractivity contribution in [2.24, 2.45) is 5.92 Å². The van der Waals surface area contributed by atoms with Crippen LogP contribution in [0.25, 0.3) is 0 Å². The molecule has 0 radical (unpaired) electrons. The summed E-state index contributed by atoms with van der Waals surface area (Å²) in [4.78, 5) is 26.7. The number of halogens is 1. The van der Waals surface area contributed by atoms with Crippen molar-refractivity contribution < 1.29 is 9.59 Å². The van der Waals surface area contributed by atoms with Gasteiger partial charge in [-0.25, -0.2) is 0 Å². The molecule has 0 unspecified atom stereocenters. The molecule has 1 saturated heterocycles. The fourth-order valence-electron chi connectivity index (χ4n) is 3.15. The Bertz CT molecular complexity index is 848. The molecule has 0 aromatic heterocycles. The minimum absolute atomic E-state index is 0.0448. The Morgan fingerprint density at radius 3 is 2.30 bits per heavy atom. The van der Waals surface area contributed by atoms with Crippen molar-refractivity contribution in [1.82, 2.24) is 10.2 Å². The van der Waals surface area contributed by atoms with Gasteiger partial charge in [0.25, 0.3) is 5.91 Å². The topological polar surface area (TPSA) is 73.2 Å². The number of rotatable bonds is 4. The molecule has 0 saturated carbocycles. The molecular weight excluding hydrogens is 406 g/mol. The number of nitrogens with one attached hydrogen (secondary N) is 1. The van der Waals surface area contributed by atoms with Gasteiger partial charge in [-0.2, -0.15) is 5.26 Å². The second-order valence-corrected chi connectivity index (χ2v) is 7.52. The summed E-state index contributed by atoms with van der Waals surface area (Å²) in [6.07, 6.45) is 1.32. The first-order chi connectivity index (χ1) is 13.1. The molecule has 0 spiro atoms. The maximum absolute atomic E-state index is 12.6. The summed E-state index contributed by atoms with van der Waals surface area (Å²) in [7, 11) is 0. The monoisotopic (exact) mass is 425 g/mol. The number of hydrogen-bond donors (Lipinski definition) is 1. The predicted molar refractivity (Wildman–Crippen MR) is 106 cm³/mol. The second-order valence-electron chi connectivity index (χ2n) is 6.60. The third kappa shape index (κ3) is 4.95. The Morgan fingerprint density at radius 2 is 1.70 bits per heavy atom. The number of nitriles is 1. The Morgan fingerprint density at radius 1 is 1.07 bits per heavy atom. The summed E-state index contributed by atoms with van der Waals surface area (Å²) in [6, 6.07) is 16.6. The molecule has 2 amide bonds. The molecule has 2 aromatic rings. The average Bonchev–Trinajstić information content (AvgIpc) is 2.73. The fourth-order valence-corrected chi connectivity index (χ4v) is 3.41. The van der Waals surface area contributed by atoms with Gasteiger partial charge in [0.2, 0.25) is 5.91 Å². The second kappa shape index (κ2) is 8.83. The van der Waals surface area contributed by atoms with Crippen LogP contribution in [0.1, 0.15) is 34.3 Å². The number of piperidine rings is 1. The number of carbonyl (C=O) groups is 2. The van der Waals surface area contributed by atoms with Crippen LogP contribution in [0, 0.1) is 17.2 Å². The summed E-state index contributed by atoms with van der Waals surface area (Å²) < 4.78 is 1.01. The van der Waals surface area contributed by atoms with Crippen LogP contribution in [0.15, 0.2) is 53.0 Å². The molecule has 2 aromatic carbocycles. The highest BCUT2D eigenvalue weighted by molar-refractivity contribution is 9.10. The van der Waals surface area contributed by atoms with Gasteiger partial charge in [-0.15, -0.1) is 0 Å². The summed E-state index contributed by atoms with van der Waals surface area (Å²) in [5.41, 5.74) is 2.17. The molecule has 0 bridgehead atoms. The lowest BCUT2D eigenvalue weighted by atomic mass is 9.95. The van der Waals surface area contributed by atoms with Gasteiger partial charge in [0.15, 0.2) is 0 Å². The van der Waals surface area contributed by atoms with E-state index in [2.05, 4.69) is 21.2 Å². The van der Waals surface area contributed by atoms with Crippen molar-refractivity contribution in [3.05, 3.63) is 69.7 Å². The van der Waals surface area contributed by atoms with E-state index in [9.17, 15) is 9.59 Å². The molecular formula is C21H20BrN3O2. The number of hydrogen-bond acceptors (Lipinski definition) is 3. The number of benzene rings is 2. The van der Waals surface area contributed by atoms with E-state index in [0.29, 0.717) is 43.6 Å². The van der Waals surface area contributed by atoms with E-state index in [0.717, 1.165) is 10.0 Å². The zero-order valence-electron chi connectivity index (χ0n) is 14.8. The van der Waals surface area contributed by atoms with E-state index in [1.54, 1.807) is 29.2 Å².